The molecule has 0 aliphatic carbocycles. The Kier molecular flexibility index (Phi) is 6.74. The Labute approximate surface area is 176 Å². The van der Waals surface area contributed by atoms with Gasteiger partial charge in [-0.15, -0.1) is 13.2 Å². The van der Waals surface area contributed by atoms with E-state index in [0.29, 0.717) is 17.1 Å². The van der Waals surface area contributed by atoms with E-state index < -0.39 is 12.3 Å². The second-order valence-electron chi connectivity index (χ2n) is 6.95. The van der Waals surface area contributed by atoms with Gasteiger partial charge in [0, 0.05) is 36.1 Å². The third-order valence-electron chi connectivity index (χ3n) is 4.47. The molecule has 0 fully saturated rings. The fourth-order valence-electron chi connectivity index (χ4n) is 2.98. The smallest absolute Gasteiger partial charge is 0.481 e. The third-order valence-corrected chi connectivity index (χ3v) is 4.47. The number of carbonyl (C=O) groups is 1. The Morgan fingerprint density at radius 1 is 1.13 bits per heavy atom. The van der Waals surface area contributed by atoms with Crippen LogP contribution >= 0.6 is 0 Å². The quantitative estimate of drug-likeness (QED) is 0.508. The molecular formula is C22H20F3N3O3. The molecule has 2 aromatic heterocycles. The van der Waals surface area contributed by atoms with Gasteiger partial charge in [-0.2, -0.15) is 0 Å². The molecule has 1 unspecified atom stereocenters. The van der Waals surface area contributed by atoms with E-state index in [9.17, 15) is 18.0 Å². The fourth-order valence-corrected chi connectivity index (χ4v) is 2.98. The van der Waals surface area contributed by atoms with Gasteiger partial charge in [0.25, 0.3) is 0 Å². The Morgan fingerprint density at radius 2 is 1.94 bits per heavy atom. The Bertz CT molecular complexity index is 1040. The van der Waals surface area contributed by atoms with Gasteiger partial charge >= 0.3 is 12.3 Å². The number of ether oxygens (including phenoxy) is 1. The summed E-state index contributed by atoms with van der Waals surface area (Å²) in [6.45, 7) is 2.08. The number of hydrogen-bond acceptors (Lipinski definition) is 5. The molecule has 31 heavy (non-hydrogen) atoms. The van der Waals surface area contributed by atoms with Crippen molar-refractivity contribution in [2.75, 3.05) is 5.32 Å². The number of carboxylic acids is 1. The first-order valence-electron chi connectivity index (χ1n) is 9.42. The van der Waals surface area contributed by atoms with Crippen molar-refractivity contribution in [3.05, 3.63) is 72.2 Å². The molecule has 2 heterocycles. The SMILES string of the molecule is CC(CC(=O)O)c1cc(-c2ccc(NCc3cccc(OC(F)(F)F)c3)nc2)ccn1. The van der Waals surface area contributed by atoms with Crippen LogP contribution in [0.1, 0.15) is 30.5 Å². The van der Waals surface area contributed by atoms with Crippen LogP contribution in [0.5, 0.6) is 5.75 Å². The number of benzene rings is 1. The van der Waals surface area contributed by atoms with Crippen molar-refractivity contribution in [3.63, 3.8) is 0 Å². The maximum atomic E-state index is 12.3. The Balaban J connectivity index is 1.65. The van der Waals surface area contributed by atoms with Crippen molar-refractivity contribution in [2.24, 2.45) is 0 Å². The van der Waals surface area contributed by atoms with Crippen LogP contribution in [0.25, 0.3) is 11.1 Å². The average Bonchev–Trinajstić information content (AvgIpc) is 2.71. The highest BCUT2D eigenvalue weighted by molar-refractivity contribution is 5.68. The summed E-state index contributed by atoms with van der Waals surface area (Å²) in [5, 5.41) is 12.0. The first-order valence-corrected chi connectivity index (χ1v) is 9.42. The zero-order chi connectivity index (χ0) is 22.4. The van der Waals surface area contributed by atoms with Gasteiger partial charge in [-0.1, -0.05) is 19.1 Å². The maximum Gasteiger partial charge on any atom is 0.573 e. The molecule has 0 aliphatic heterocycles. The highest BCUT2D eigenvalue weighted by Gasteiger charge is 2.31. The molecule has 0 amide bonds. The fraction of sp³-hybridized carbons (Fsp3) is 0.227. The zero-order valence-corrected chi connectivity index (χ0v) is 16.6. The van der Waals surface area contributed by atoms with Gasteiger partial charge in [-0.3, -0.25) is 9.78 Å². The van der Waals surface area contributed by atoms with Crippen LogP contribution in [0, 0.1) is 0 Å². The minimum absolute atomic E-state index is 0.00717. The van der Waals surface area contributed by atoms with Crippen molar-refractivity contribution in [2.45, 2.75) is 32.2 Å². The van der Waals surface area contributed by atoms with Gasteiger partial charge in [0.15, 0.2) is 0 Å². The number of alkyl halides is 3. The predicted molar refractivity (Wildman–Crippen MR) is 109 cm³/mol. The molecule has 9 heteroatoms. The van der Waals surface area contributed by atoms with Gasteiger partial charge in [0.2, 0.25) is 0 Å². The van der Waals surface area contributed by atoms with Gasteiger partial charge in [0.1, 0.15) is 11.6 Å². The first-order chi connectivity index (χ1) is 14.7. The lowest BCUT2D eigenvalue weighted by molar-refractivity contribution is -0.274. The van der Waals surface area contributed by atoms with Gasteiger partial charge in [-0.05, 0) is 47.5 Å². The van der Waals surface area contributed by atoms with E-state index in [1.807, 2.05) is 18.2 Å². The molecule has 2 N–H and O–H groups in total. The molecular weight excluding hydrogens is 411 g/mol. The summed E-state index contributed by atoms with van der Waals surface area (Å²) in [6, 6.07) is 13.0. The second-order valence-corrected chi connectivity index (χ2v) is 6.95. The number of rotatable bonds is 8. The van der Waals surface area contributed by atoms with Crippen molar-refractivity contribution in [3.8, 4) is 16.9 Å². The van der Waals surface area contributed by atoms with Crippen LogP contribution in [-0.4, -0.2) is 27.4 Å². The van der Waals surface area contributed by atoms with Crippen LogP contribution in [0.15, 0.2) is 60.9 Å². The van der Waals surface area contributed by atoms with Crippen LogP contribution in [0.4, 0.5) is 19.0 Å². The summed E-state index contributed by atoms with van der Waals surface area (Å²) in [5.74, 6) is -0.823. The lowest BCUT2D eigenvalue weighted by Crippen LogP contribution is -2.17. The molecule has 6 nitrogen and oxygen atoms in total. The van der Waals surface area contributed by atoms with Crippen LogP contribution < -0.4 is 10.1 Å². The van der Waals surface area contributed by atoms with Gasteiger partial charge in [-0.25, -0.2) is 4.98 Å². The zero-order valence-electron chi connectivity index (χ0n) is 16.6. The Morgan fingerprint density at radius 3 is 2.61 bits per heavy atom. The number of aromatic nitrogens is 2. The molecule has 3 aromatic rings. The monoisotopic (exact) mass is 431 g/mol. The molecule has 1 aromatic carbocycles. The predicted octanol–water partition coefficient (Wildman–Crippen LogP) is 5.23. The number of carboxylic acid groups (broad SMARTS) is 1. The number of nitrogens with one attached hydrogen (secondary N) is 1. The van der Waals surface area contributed by atoms with Crippen molar-refractivity contribution < 1.29 is 27.8 Å². The lowest BCUT2D eigenvalue weighted by Gasteiger charge is -2.11. The van der Waals surface area contributed by atoms with Crippen molar-refractivity contribution >= 4 is 11.8 Å². The number of anilines is 1. The number of aliphatic carboxylic acids is 1. The minimum atomic E-state index is -4.73. The number of halogens is 3. The van der Waals surface area contributed by atoms with E-state index in [1.165, 1.54) is 18.2 Å². The van der Waals surface area contributed by atoms with Crippen LogP contribution in [0.2, 0.25) is 0 Å². The van der Waals surface area contributed by atoms with E-state index >= 15 is 0 Å². The largest absolute Gasteiger partial charge is 0.573 e. The molecule has 162 valence electrons. The molecule has 0 radical (unpaired) electrons. The molecule has 0 spiro atoms. The van der Waals surface area contributed by atoms with E-state index in [-0.39, 0.29) is 24.6 Å². The summed E-state index contributed by atoms with van der Waals surface area (Å²) in [5.41, 5.74) is 2.98. The average molecular weight is 431 g/mol. The minimum Gasteiger partial charge on any atom is -0.481 e. The normalized spacial score (nSPS) is 12.3. The van der Waals surface area contributed by atoms with E-state index in [0.717, 1.165) is 11.1 Å². The van der Waals surface area contributed by atoms with Crippen molar-refractivity contribution in [1.29, 1.82) is 0 Å². The summed E-state index contributed by atoms with van der Waals surface area (Å²) in [6.07, 6.45) is -1.45. The molecule has 0 saturated carbocycles. The molecule has 3 rings (SSSR count). The maximum absolute atomic E-state index is 12.3. The molecule has 1 atom stereocenters. The van der Waals surface area contributed by atoms with Gasteiger partial charge < -0.3 is 15.2 Å². The van der Waals surface area contributed by atoms with Crippen molar-refractivity contribution in [1.82, 2.24) is 9.97 Å². The summed E-state index contributed by atoms with van der Waals surface area (Å²) in [7, 11) is 0. The number of hydrogen-bond donors (Lipinski definition) is 2. The van der Waals surface area contributed by atoms with Crippen LogP contribution in [0.3, 0.4) is 0 Å². The Hall–Kier alpha value is -3.62. The molecule has 0 aliphatic rings. The molecule has 0 bridgehead atoms. The highest BCUT2D eigenvalue weighted by Crippen LogP contribution is 2.25. The van der Waals surface area contributed by atoms with E-state index in [2.05, 4.69) is 20.0 Å². The van der Waals surface area contributed by atoms with E-state index in [1.54, 1.807) is 31.5 Å². The summed E-state index contributed by atoms with van der Waals surface area (Å²) < 4.78 is 41.0. The number of pyridine rings is 2. The lowest BCUT2D eigenvalue weighted by atomic mass is 10.00. The van der Waals surface area contributed by atoms with E-state index in [4.69, 9.17) is 5.11 Å². The van der Waals surface area contributed by atoms with Gasteiger partial charge in [0.05, 0.1) is 6.42 Å². The third kappa shape index (κ3) is 6.70. The number of nitrogens with zero attached hydrogens (tertiary/aromatic N) is 2. The highest BCUT2D eigenvalue weighted by atomic mass is 19.4. The summed E-state index contributed by atoms with van der Waals surface area (Å²) in [4.78, 5) is 19.5. The second kappa shape index (κ2) is 9.46. The topological polar surface area (TPSA) is 84.3 Å². The molecule has 0 saturated heterocycles. The standard InChI is InChI=1S/C22H20F3N3O3/c1-14(9-21(29)30)19-11-16(7-8-26-19)17-5-6-20(28-13-17)27-12-15-3-2-4-18(10-15)31-22(23,24)25/h2-8,10-11,13-14H,9,12H2,1H3,(H,27,28)(H,29,30). The van der Waals surface area contributed by atoms with Crippen LogP contribution in [-0.2, 0) is 11.3 Å². The first kappa shape index (κ1) is 22.1. The summed E-state index contributed by atoms with van der Waals surface area (Å²) >= 11 is 0.